The van der Waals surface area contributed by atoms with Crippen LogP contribution in [-0.2, 0) is 14.3 Å². The van der Waals surface area contributed by atoms with E-state index in [9.17, 15) is 29.3 Å². The van der Waals surface area contributed by atoms with Crippen LogP contribution in [0.5, 0.6) is 0 Å². The van der Waals surface area contributed by atoms with E-state index in [2.05, 4.69) is 0 Å². The molecule has 2 aromatic carbocycles. The molecule has 1 saturated heterocycles. The lowest BCUT2D eigenvalue weighted by molar-refractivity contribution is -0.384. The summed E-state index contributed by atoms with van der Waals surface area (Å²) in [6.45, 7) is -0.579. The number of nitrogens with zero attached hydrogens (tertiary/aromatic N) is 2. The van der Waals surface area contributed by atoms with Crippen molar-refractivity contribution in [2.75, 3.05) is 11.5 Å². The summed E-state index contributed by atoms with van der Waals surface area (Å²) in [5, 5.41) is 10.8. The van der Waals surface area contributed by atoms with Crippen LogP contribution in [0.3, 0.4) is 0 Å². The first-order valence-electron chi connectivity index (χ1n) is 10.5. The zero-order chi connectivity index (χ0) is 23.3. The number of fused-ring (bicyclic) bond motifs is 5. The number of carbonyl (C=O) groups excluding carboxylic acids is 4. The number of nitro groups is 1. The molecule has 0 N–H and O–H groups in total. The molecule has 0 aromatic heterocycles. The Hall–Kier alpha value is -4.14. The smallest absolute Gasteiger partial charge is 0.338 e. The van der Waals surface area contributed by atoms with Gasteiger partial charge in [0.25, 0.3) is 5.69 Å². The van der Waals surface area contributed by atoms with Crippen LogP contribution in [0.2, 0.25) is 0 Å². The summed E-state index contributed by atoms with van der Waals surface area (Å²) in [5.74, 6) is -2.16. The number of imide groups is 1. The van der Waals surface area contributed by atoms with E-state index < -0.39 is 23.3 Å². The van der Waals surface area contributed by atoms with E-state index in [1.54, 1.807) is 0 Å². The molecule has 0 spiro atoms. The van der Waals surface area contributed by atoms with Gasteiger partial charge in [0.15, 0.2) is 6.61 Å². The molecule has 2 aliphatic carbocycles. The van der Waals surface area contributed by atoms with Gasteiger partial charge in [0, 0.05) is 17.7 Å². The predicted molar refractivity (Wildman–Crippen MR) is 114 cm³/mol. The van der Waals surface area contributed by atoms with Crippen molar-refractivity contribution in [1.29, 1.82) is 0 Å². The van der Waals surface area contributed by atoms with Crippen molar-refractivity contribution in [3.8, 4) is 0 Å². The first kappa shape index (κ1) is 20.7. The van der Waals surface area contributed by atoms with E-state index >= 15 is 0 Å². The normalized spacial score (nSPS) is 24.8. The van der Waals surface area contributed by atoms with Gasteiger partial charge in [0.1, 0.15) is 0 Å². The minimum Gasteiger partial charge on any atom is -0.454 e. The molecule has 9 nitrogen and oxygen atoms in total. The second-order valence-electron chi connectivity index (χ2n) is 8.37. The molecular weight excluding hydrogens is 428 g/mol. The molecule has 4 atom stereocenters. The molecule has 2 amide bonds. The zero-order valence-corrected chi connectivity index (χ0v) is 17.2. The number of esters is 1. The minimum absolute atomic E-state index is 0.0624. The van der Waals surface area contributed by atoms with E-state index in [4.69, 9.17) is 4.74 Å². The third kappa shape index (κ3) is 3.42. The van der Waals surface area contributed by atoms with E-state index in [1.807, 2.05) is 12.2 Å². The maximum Gasteiger partial charge on any atom is 0.338 e. The molecule has 3 aliphatic rings. The average molecular weight is 446 g/mol. The van der Waals surface area contributed by atoms with Crippen molar-refractivity contribution in [3.05, 3.63) is 81.9 Å². The highest BCUT2D eigenvalue weighted by Gasteiger charge is 2.59. The highest BCUT2D eigenvalue weighted by Crippen LogP contribution is 2.53. The Morgan fingerprint density at radius 3 is 2.21 bits per heavy atom. The van der Waals surface area contributed by atoms with Gasteiger partial charge in [-0.2, -0.15) is 0 Å². The Balaban J connectivity index is 1.24. The van der Waals surface area contributed by atoms with Crippen LogP contribution in [0.25, 0.3) is 0 Å². The average Bonchev–Trinajstić information content (AvgIpc) is 3.51. The fraction of sp³-hybridized carbons (Fsp3) is 0.250. The summed E-state index contributed by atoms with van der Waals surface area (Å²) >= 11 is 0. The number of Topliss-reactive ketones (excluding diaryl/α,β-unsaturated/α-hetero) is 1. The standard InChI is InChI=1S/C24H18N2O7/c27-19(14-2-1-3-18(11-14)26(31)32)12-33-24(30)13-6-8-17(9-7-13)25-22(28)20-15-4-5-16(10-15)21(20)23(25)29/h1-9,11,15-16,20-21H,10,12H2/t15-,16-,20+,21+/m1/s1. The van der Waals surface area contributed by atoms with Gasteiger partial charge in [-0.3, -0.25) is 29.4 Å². The number of benzene rings is 2. The van der Waals surface area contributed by atoms with Gasteiger partial charge in [-0.25, -0.2) is 4.79 Å². The summed E-state index contributed by atoms with van der Waals surface area (Å²) in [6, 6.07) is 11.0. The molecule has 9 heteroatoms. The number of allylic oxidation sites excluding steroid dienone is 2. The third-order valence-corrected chi connectivity index (χ3v) is 6.54. The molecule has 166 valence electrons. The van der Waals surface area contributed by atoms with Gasteiger partial charge in [0.05, 0.1) is 28.0 Å². The molecule has 1 heterocycles. The first-order valence-corrected chi connectivity index (χ1v) is 10.5. The number of ketones is 1. The lowest BCUT2D eigenvalue weighted by Crippen LogP contribution is -2.32. The summed E-state index contributed by atoms with van der Waals surface area (Å²) in [7, 11) is 0. The van der Waals surface area contributed by atoms with Crippen LogP contribution in [0, 0.1) is 33.8 Å². The summed E-state index contributed by atoms with van der Waals surface area (Å²) < 4.78 is 5.04. The Labute approximate surface area is 187 Å². The quantitative estimate of drug-likeness (QED) is 0.167. The highest BCUT2D eigenvalue weighted by molar-refractivity contribution is 6.22. The SMILES string of the molecule is O=C(COC(=O)c1ccc(N2C(=O)[C@@H]3[C@@H](C2=O)[C@@H]2C=C[C@@H]3C2)cc1)c1cccc([N+](=O)[O-])c1. The molecular formula is C24H18N2O7. The van der Waals surface area contributed by atoms with Crippen LogP contribution in [0.15, 0.2) is 60.7 Å². The Morgan fingerprint density at radius 2 is 1.61 bits per heavy atom. The van der Waals surface area contributed by atoms with Crippen molar-refractivity contribution >= 4 is 34.9 Å². The fourth-order valence-corrected chi connectivity index (χ4v) is 4.99. The monoisotopic (exact) mass is 446 g/mol. The topological polar surface area (TPSA) is 124 Å². The van der Waals surface area contributed by atoms with Crippen molar-refractivity contribution in [2.45, 2.75) is 6.42 Å². The third-order valence-electron chi connectivity index (χ3n) is 6.54. The van der Waals surface area contributed by atoms with Gasteiger partial charge in [0.2, 0.25) is 17.6 Å². The molecule has 5 rings (SSSR count). The minimum atomic E-state index is -0.765. The summed E-state index contributed by atoms with van der Waals surface area (Å²) in [4.78, 5) is 61.7. The van der Waals surface area contributed by atoms with E-state index in [1.165, 1.54) is 47.4 Å². The van der Waals surface area contributed by atoms with Gasteiger partial charge < -0.3 is 4.74 Å². The number of non-ortho nitro benzene ring substituents is 1. The Morgan fingerprint density at radius 1 is 0.970 bits per heavy atom. The van der Waals surface area contributed by atoms with Crippen LogP contribution in [-0.4, -0.2) is 35.1 Å². The van der Waals surface area contributed by atoms with E-state index in [0.29, 0.717) is 5.69 Å². The molecule has 0 radical (unpaired) electrons. The maximum atomic E-state index is 12.9. The number of hydrogen-bond donors (Lipinski definition) is 0. The summed E-state index contributed by atoms with van der Waals surface area (Å²) in [5.41, 5.74) is 0.365. The van der Waals surface area contributed by atoms with Gasteiger partial charge in [-0.05, 0) is 42.5 Å². The number of anilines is 1. The second kappa shape index (κ2) is 7.77. The van der Waals surface area contributed by atoms with Crippen molar-refractivity contribution in [3.63, 3.8) is 0 Å². The number of hydrogen-bond acceptors (Lipinski definition) is 7. The number of nitro benzene ring substituents is 1. The first-order chi connectivity index (χ1) is 15.8. The van der Waals surface area contributed by atoms with E-state index in [-0.39, 0.29) is 52.3 Å². The maximum absolute atomic E-state index is 12.9. The molecule has 1 saturated carbocycles. The predicted octanol–water partition coefficient (Wildman–Crippen LogP) is 2.95. The van der Waals surface area contributed by atoms with Crippen molar-refractivity contribution in [1.82, 2.24) is 0 Å². The summed E-state index contributed by atoms with van der Waals surface area (Å²) in [6.07, 6.45) is 4.89. The zero-order valence-electron chi connectivity index (χ0n) is 17.2. The van der Waals surface area contributed by atoms with Crippen molar-refractivity contribution in [2.24, 2.45) is 23.7 Å². The van der Waals surface area contributed by atoms with Gasteiger partial charge in [-0.15, -0.1) is 0 Å². The number of amides is 2. The fourth-order valence-electron chi connectivity index (χ4n) is 4.99. The number of rotatable bonds is 6. The number of ether oxygens (including phenoxy) is 1. The Kier molecular flexibility index (Phi) is 4.88. The lowest BCUT2D eigenvalue weighted by atomic mass is 9.85. The van der Waals surface area contributed by atoms with Crippen LogP contribution in [0.4, 0.5) is 11.4 Å². The Bertz CT molecular complexity index is 1200. The molecule has 0 unspecified atom stereocenters. The molecule has 2 fully saturated rings. The van der Waals surface area contributed by atoms with Crippen LogP contribution in [0.1, 0.15) is 27.1 Å². The van der Waals surface area contributed by atoms with Crippen molar-refractivity contribution < 1.29 is 28.8 Å². The van der Waals surface area contributed by atoms with Gasteiger partial charge >= 0.3 is 5.97 Å². The number of carbonyl (C=O) groups is 4. The molecule has 1 aliphatic heterocycles. The van der Waals surface area contributed by atoms with Crippen LogP contribution < -0.4 is 4.90 Å². The molecule has 33 heavy (non-hydrogen) atoms. The van der Waals surface area contributed by atoms with Gasteiger partial charge in [-0.1, -0.05) is 24.3 Å². The lowest BCUT2D eigenvalue weighted by Gasteiger charge is -2.17. The second-order valence-corrected chi connectivity index (χ2v) is 8.37. The van der Waals surface area contributed by atoms with E-state index in [0.717, 1.165) is 12.5 Å². The molecule has 2 aromatic rings. The van der Waals surface area contributed by atoms with Crippen LogP contribution >= 0.6 is 0 Å². The molecule has 2 bridgehead atoms. The largest absolute Gasteiger partial charge is 0.454 e. The highest BCUT2D eigenvalue weighted by atomic mass is 16.6.